The van der Waals surface area contributed by atoms with Crippen LogP contribution in [-0.4, -0.2) is 68.5 Å². The van der Waals surface area contributed by atoms with E-state index in [0.29, 0.717) is 12.3 Å². The minimum absolute atomic E-state index is 0. The highest BCUT2D eigenvalue weighted by atomic mass is 127. The maximum Gasteiger partial charge on any atom is 0.220 e. The fourth-order valence-electron chi connectivity index (χ4n) is 3.79. The number of amides is 1. The van der Waals surface area contributed by atoms with Gasteiger partial charge in [-0.05, 0) is 44.0 Å². The van der Waals surface area contributed by atoms with Crippen molar-refractivity contribution >= 4 is 35.8 Å². The molecule has 0 bridgehead atoms. The van der Waals surface area contributed by atoms with E-state index in [1.165, 1.54) is 0 Å². The minimum atomic E-state index is 0. The summed E-state index contributed by atoms with van der Waals surface area (Å²) < 4.78 is 5.68. The number of carbonyl (C=O) groups excluding carboxylic acids is 1. The highest BCUT2D eigenvalue weighted by Crippen LogP contribution is 2.22. The minimum Gasteiger partial charge on any atom is -0.468 e. The van der Waals surface area contributed by atoms with Gasteiger partial charge in [-0.15, -0.1) is 24.0 Å². The molecule has 2 heterocycles. The normalized spacial score (nSPS) is 16.6. The van der Waals surface area contributed by atoms with Crippen LogP contribution in [-0.2, 0) is 4.79 Å². The van der Waals surface area contributed by atoms with Gasteiger partial charge in [-0.2, -0.15) is 0 Å². The zero-order valence-corrected chi connectivity index (χ0v) is 19.9. The number of hydrogen-bond donors (Lipinski definition) is 2. The Balaban J connectivity index is 0.00000392. The van der Waals surface area contributed by atoms with E-state index in [9.17, 15) is 4.79 Å². The lowest BCUT2D eigenvalue weighted by molar-refractivity contribution is -0.121. The molecule has 0 aliphatic carbocycles. The smallest absolute Gasteiger partial charge is 0.220 e. The zero-order chi connectivity index (χ0) is 19.6. The van der Waals surface area contributed by atoms with E-state index in [2.05, 4.69) is 39.3 Å². The molecule has 28 heavy (non-hydrogen) atoms. The Morgan fingerprint density at radius 2 is 2.04 bits per heavy atom. The van der Waals surface area contributed by atoms with Gasteiger partial charge < -0.3 is 20.0 Å². The SMILES string of the molecule is CCN(CC)C(CNC(=NC)N1CCC(CC(=O)NC)CC1)c1ccco1.I. The van der Waals surface area contributed by atoms with Crippen LogP contribution < -0.4 is 10.6 Å². The van der Waals surface area contributed by atoms with Gasteiger partial charge in [-0.1, -0.05) is 13.8 Å². The summed E-state index contributed by atoms with van der Waals surface area (Å²) in [7, 11) is 3.53. The quantitative estimate of drug-likeness (QED) is 0.323. The average molecular weight is 505 g/mol. The molecule has 1 aliphatic rings. The Hall–Kier alpha value is -1.29. The van der Waals surface area contributed by atoms with Gasteiger partial charge in [0.25, 0.3) is 0 Å². The second-order valence-corrected chi connectivity index (χ2v) is 6.99. The number of guanidine groups is 1. The molecule has 7 nitrogen and oxygen atoms in total. The molecule has 0 radical (unpaired) electrons. The first-order chi connectivity index (χ1) is 13.1. The number of hydrogen-bond acceptors (Lipinski definition) is 4. The lowest BCUT2D eigenvalue weighted by atomic mass is 9.93. The van der Waals surface area contributed by atoms with Crippen LogP contribution in [0.1, 0.15) is 44.9 Å². The van der Waals surface area contributed by atoms with Crippen LogP contribution in [0.2, 0.25) is 0 Å². The molecule has 2 N–H and O–H groups in total. The Morgan fingerprint density at radius 1 is 1.36 bits per heavy atom. The van der Waals surface area contributed by atoms with Crippen molar-refractivity contribution in [2.45, 2.75) is 39.2 Å². The number of rotatable bonds is 8. The number of likely N-dealkylation sites (N-methyl/N-ethyl adjacent to an activating group) is 1. The summed E-state index contributed by atoms with van der Waals surface area (Å²) in [5.74, 6) is 2.50. The molecule has 1 saturated heterocycles. The number of furan rings is 1. The maximum atomic E-state index is 11.6. The first-order valence-corrected chi connectivity index (χ1v) is 10.1. The molecule has 1 unspecified atom stereocenters. The van der Waals surface area contributed by atoms with E-state index < -0.39 is 0 Å². The third kappa shape index (κ3) is 6.95. The average Bonchev–Trinajstić information content (AvgIpc) is 3.23. The topological polar surface area (TPSA) is 73.1 Å². The molecule has 2 rings (SSSR count). The van der Waals surface area contributed by atoms with Crippen LogP contribution >= 0.6 is 24.0 Å². The molecular weight excluding hydrogens is 469 g/mol. The highest BCUT2D eigenvalue weighted by Gasteiger charge is 2.25. The maximum absolute atomic E-state index is 11.6. The van der Waals surface area contributed by atoms with Crippen LogP contribution in [0.5, 0.6) is 0 Å². The molecule has 1 aromatic heterocycles. The standard InChI is InChI=1S/C20H35N5O2.HI/c1-5-24(6-2)17(18-8-7-13-27-18)15-23-20(22-4)25-11-9-16(10-12-25)14-19(26)21-3;/h7-8,13,16-17H,5-6,9-12,14-15H2,1-4H3,(H,21,26)(H,22,23);1H. The number of nitrogens with zero attached hydrogens (tertiary/aromatic N) is 3. The Morgan fingerprint density at radius 3 is 2.54 bits per heavy atom. The number of piperidine rings is 1. The zero-order valence-electron chi connectivity index (χ0n) is 17.6. The van der Waals surface area contributed by atoms with E-state index in [1.54, 1.807) is 13.3 Å². The van der Waals surface area contributed by atoms with E-state index in [4.69, 9.17) is 4.42 Å². The molecule has 1 aromatic rings. The van der Waals surface area contributed by atoms with Crippen molar-refractivity contribution in [2.75, 3.05) is 46.8 Å². The molecule has 0 aromatic carbocycles. The van der Waals surface area contributed by atoms with E-state index in [-0.39, 0.29) is 35.9 Å². The first-order valence-electron chi connectivity index (χ1n) is 10.1. The monoisotopic (exact) mass is 505 g/mol. The summed E-state index contributed by atoms with van der Waals surface area (Å²) in [6.07, 6.45) is 4.40. The van der Waals surface area contributed by atoms with Gasteiger partial charge in [-0.25, -0.2) is 0 Å². The fourth-order valence-corrected chi connectivity index (χ4v) is 3.79. The Labute approximate surface area is 186 Å². The van der Waals surface area contributed by atoms with Crippen molar-refractivity contribution in [2.24, 2.45) is 10.9 Å². The molecule has 1 atom stereocenters. The predicted octanol–water partition coefficient (Wildman–Crippen LogP) is 2.70. The third-order valence-electron chi connectivity index (χ3n) is 5.46. The highest BCUT2D eigenvalue weighted by molar-refractivity contribution is 14.0. The van der Waals surface area contributed by atoms with Gasteiger partial charge >= 0.3 is 0 Å². The number of halogens is 1. The summed E-state index contributed by atoms with van der Waals surface area (Å²) in [4.78, 5) is 20.7. The Kier molecular flexibility index (Phi) is 11.5. The lowest BCUT2D eigenvalue weighted by Gasteiger charge is -2.35. The number of likely N-dealkylation sites (tertiary alicyclic amines) is 1. The van der Waals surface area contributed by atoms with Gasteiger partial charge in [-0.3, -0.25) is 14.7 Å². The molecular formula is C20H36IN5O2. The number of nitrogens with one attached hydrogen (secondary N) is 2. The summed E-state index contributed by atoms with van der Waals surface area (Å²) in [5.41, 5.74) is 0. The second kappa shape index (κ2) is 13.0. The van der Waals surface area contributed by atoms with Crippen LogP contribution in [0.3, 0.4) is 0 Å². The molecule has 1 fully saturated rings. The molecule has 1 amide bonds. The van der Waals surface area contributed by atoms with Crippen molar-refractivity contribution in [1.29, 1.82) is 0 Å². The molecule has 0 saturated carbocycles. The summed E-state index contributed by atoms with van der Waals surface area (Å²) >= 11 is 0. The summed E-state index contributed by atoms with van der Waals surface area (Å²) in [6.45, 7) is 8.88. The molecule has 0 spiro atoms. The lowest BCUT2D eigenvalue weighted by Crippen LogP contribution is -2.48. The molecule has 160 valence electrons. The van der Waals surface area contributed by atoms with Crippen molar-refractivity contribution in [3.8, 4) is 0 Å². The Bertz CT molecular complexity index is 581. The van der Waals surface area contributed by atoms with Gasteiger partial charge in [0.15, 0.2) is 5.96 Å². The fraction of sp³-hybridized carbons (Fsp3) is 0.700. The van der Waals surface area contributed by atoms with E-state index in [0.717, 1.165) is 57.3 Å². The predicted molar refractivity (Wildman–Crippen MR) is 124 cm³/mol. The van der Waals surface area contributed by atoms with Crippen molar-refractivity contribution in [3.63, 3.8) is 0 Å². The van der Waals surface area contributed by atoms with Crippen molar-refractivity contribution < 1.29 is 9.21 Å². The van der Waals surface area contributed by atoms with Crippen LogP contribution in [0.15, 0.2) is 27.8 Å². The van der Waals surface area contributed by atoms with Crippen LogP contribution in [0.4, 0.5) is 0 Å². The largest absolute Gasteiger partial charge is 0.468 e. The van der Waals surface area contributed by atoms with Crippen LogP contribution in [0.25, 0.3) is 0 Å². The number of aliphatic imine (C=N–C) groups is 1. The van der Waals surface area contributed by atoms with Gasteiger partial charge in [0, 0.05) is 40.2 Å². The number of carbonyl (C=O) groups is 1. The van der Waals surface area contributed by atoms with Gasteiger partial charge in [0.2, 0.25) is 5.91 Å². The first kappa shape index (κ1) is 24.7. The molecule has 1 aliphatic heterocycles. The summed E-state index contributed by atoms with van der Waals surface area (Å²) in [6, 6.07) is 4.16. The van der Waals surface area contributed by atoms with Gasteiger partial charge in [0.1, 0.15) is 5.76 Å². The van der Waals surface area contributed by atoms with Crippen molar-refractivity contribution in [3.05, 3.63) is 24.2 Å². The van der Waals surface area contributed by atoms with E-state index >= 15 is 0 Å². The van der Waals surface area contributed by atoms with Crippen molar-refractivity contribution in [1.82, 2.24) is 20.4 Å². The third-order valence-corrected chi connectivity index (χ3v) is 5.46. The van der Waals surface area contributed by atoms with Crippen LogP contribution in [0, 0.1) is 5.92 Å². The molecule has 8 heteroatoms. The second-order valence-electron chi connectivity index (χ2n) is 6.99. The summed E-state index contributed by atoms with van der Waals surface area (Å²) in [5, 5.41) is 6.26. The van der Waals surface area contributed by atoms with Gasteiger partial charge in [0.05, 0.1) is 12.3 Å². The van der Waals surface area contributed by atoms with E-state index in [1.807, 2.05) is 19.2 Å².